The molecule has 31 heavy (non-hydrogen) atoms. The Kier molecular flexibility index (Phi) is 6.37. The molecule has 0 aromatic heterocycles. The second-order valence-corrected chi connectivity index (χ2v) is 8.67. The fourth-order valence-electron chi connectivity index (χ4n) is 3.52. The summed E-state index contributed by atoms with van der Waals surface area (Å²) in [5, 5.41) is -0.783. The lowest BCUT2D eigenvalue weighted by Crippen LogP contribution is -2.31. The number of thioether (sulfide) groups is 1. The van der Waals surface area contributed by atoms with E-state index < -0.39 is 5.25 Å². The van der Waals surface area contributed by atoms with Gasteiger partial charge in [0.1, 0.15) is 18.2 Å². The molecule has 1 heterocycles. The second kappa shape index (κ2) is 9.35. The van der Waals surface area contributed by atoms with Crippen LogP contribution in [0.3, 0.4) is 0 Å². The average molecular weight is 436 g/mol. The number of rotatable bonds is 7. The number of nitrogens with zero attached hydrogens (tertiary/aromatic N) is 1. The van der Waals surface area contributed by atoms with Crippen molar-refractivity contribution >= 4 is 22.9 Å². The summed E-state index contributed by atoms with van der Waals surface area (Å²) in [7, 11) is 0. The molecule has 0 saturated carbocycles. The molecule has 158 valence electrons. The van der Waals surface area contributed by atoms with Gasteiger partial charge in [0.25, 0.3) is 5.24 Å². The summed E-state index contributed by atoms with van der Waals surface area (Å²) in [5.41, 5.74) is 3.84. The fraction of sp³-hybridized carbons (Fsp3) is 0.200. The molecule has 2 amide bonds. The number of aryl methyl sites for hydroxylation is 1. The van der Waals surface area contributed by atoms with E-state index in [1.54, 1.807) is 12.1 Å². The van der Waals surface area contributed by atoms with Crippen LogP contribution in [0.1, 0.15) is 22.3 Å². The van der Waals surface area contributed by atoms with Crippen molar-refractivity contribution in [2.75, 3.05) is 0 Å². The number of carbonyl (C=O) groups excluding carboxylic acids is 2. The first-order valence-electron chi connectivity index (χ1n) is 10.0. The molecule has 4 nitrogen and oxygen atoms in total. The first-order chi connectivity index (χ1) is 15.0. The van der Waals surface area contributed by atoms with Gasteiger partial charge in [-0.3, -0.25) is 14.5 Å². The Morgan fingerprint density at radius 2 is 1.74 bits per heavy atom. The minimum absolute atomic E-state index is 0.146. The summed E-state index contributed by atoms with van der Waals surface area (Å²) in [6, 6.07) is 21.5. The monoisotopic (exact) mass is 435 g/mol. The molecule has 3 aromatic rings. The lowest BCUT2D eigenvalue weighted by atomic mass is 10.1. The van der Waals surface area contributed by atoms with E-state index in [0.717, 1.165) is 22.9 Å². The number of benzene rings is 3. The predicted octanol–water partition coefficient (Wildman–Crippen LogP) is 5.52. The number of amides is 2. The van der Waals surface area contributed by atoms with E-state index in [4.69, 9.17) is 4.74 Å². The largest absolute Gasteiger partial charge is 0.489 e. The molecule has 0 bridgehead atoms. The third-order valence-electron chi connectivity index (χ3n) is 5.11. The van der Waals surface area contributed by atoms with E-state index in [2.05, 4.69) is 6.07 Å². The third kappa shape index (κ3) is 5.14. The number of hydrogen-bond acceptors (Lipinski definition) is 4. The van der Waals surface area contributed by atoms with E-state index >= 15 is 0 Å². The smallest absolute Gasteiger partial charge is 0.289 e. The highest BCUT2D eigenvalue weighted by Gasteiger charge is 2.39. The van der Waals surface area contributed by atoms with Gasteiger partial charge >= 0.3 is 0 Å². The molecule has 0 N–H and O–H groups in total. The Morgan fingerprint density at radius 1 is 0.968 bits per heavy atom. The molecule has 3 aromatic carbocycles. The Hall–Kier alpha value is -3.12. The molecule has 0 aliphatic carbocycles. The number of carbonyl (C=O) groups is 2. The lowest BCUT2D eigenvalue weighted by Gasteiger charge is -2.15. The standard InChI is InChI=1S/C25H22FNO3S/c1-17-5-4-6-19(13-17)16-30-22-8-3-2-7-20(22)14-23-24(28)27(25(29)31-23)15-18-9-11-21(26)12-10-18/h2-13,23H,14-16H2,1H3/t23-/m0/s1. The highest BCUT2D eigenvalue weighted by Crippen LogP contribution is 2.33. The van der Waals surface area contributed by atoms with E-state index in [1.165, 1.54) is 22.6 Å². The lowest BCUT2D eigenvalue weighted by molar-refractivity contribution is -0.127. The van der Waals surface area contributed by atoms with Gasteiger partial charge in [-0.1, -0.05) is 71.9 Å². The molecule has 1 fully saturated rings. The van der Waals surface area contributed by atoms with Crippen LogP contribution in [0, 0.1) is 12.7 Å². The Morgan fingerprint density at radius 3 is 2.52 bits per heavy atom. The molecular formula is C25H22FNO3S. The summed E-state index contributed by atoms with van der Waals surface area (Å²) in [4.78, 5) is 26.6. The summed E-state index contributed by atoms with van der Waals surface area (Å²) in [6.45, 7) is 2.61. The molecule has 6 heteroatoms. The van der Waals surface area contributed by atoms with Crippen LogP contribution in [-0.4, -0.2) is 21.3 Å². The highest BCUT2D eigenvalue weighted by molar-refractivity contribution is 8.15. The normalized spacial score (nSPS) is 16.1. The van der Waals surface area contributed by atoms with Crippen molar-refractivity contribution in [2.24, 2.45) is 0 Å². The Bertz CT molecular complexity index is 1100. The number of hydrogen-bond donors (Lipinski definition) is 0. The third-order valence-corrected chi connectivity index (χ3v) is 6.19. The van der Waals surface area contributed by atoms with Gasteiger partial charge in [-0.2, -0.15) is 0 Å². The zero-order valence-corrected chi connectivity index (χ0v) is 17.9. The van der Waals surface area contributed by atoms with Crippen LogP contribution in [-0.2, 0) is 24.4 Å². The summed E-state index contributed by atoms with van der Waals surface area (Å²) in [6.07, 6.45) is 0.402. The van der Waals surface area contributed by atoms with Gasteiger partial charge < -0.3 is 4.74 Å². The number of ether oxygens (including phenoxy) is 1. The van der Waals surface area contributed by atoms with Crippen LogP contribution < -0.4 is 4.74 Å². The van der Waals surface area contributed by atoms with Crippen LogP contribution in [0.25, 0.3) is 0 Å². The quantitative estimate of drug-likeness (QED) is 0.490. The first-order valence-corrected chi connectivity index (χ1v) is 10.9. The molecule has 1 atom stereocenters. The van der Waals surface area contributed by atoms with Crippen molar-refractivity contribution in [3.05, 3.63) is 101 Å². The molecule has 0 spiro atoms. The van der Waals surface area contributed by atoms with Crippen LogP contribution in [0.2, 0.25) is 0 Å². The SMILES string of the molecule is Cc1cccc(COc2ccccc2C[C@@H]2SC(=O)N(Cc3ccc(F)cc3)C2=O)c1. The van der Waals surface area contributed by atoms with Gasteiger partial charge in [0.15, 0.2) is 0 Å². The minimum atomic E-state index is -0.503. The van der Waals surface area contributed by atoms with E-state index in [0.29, 0.717) is 24.3 Å². The molecule has 4 rings (SSSR count). The molecule has 1 aliphatic rings. The van der Waals surface area contributed by atoms with E-state index in [1.807, 2.05) is 49.4 Å². The van der Waals surface area contributed by atoms with Crippen molar-refractivity contribution in [3.63, 3.8) is 0 Å². The number of para-hydroxylation sites is 1. The van der Waals surface area contributed by atoms with Crippen molar-refractivity contribution in [1.82, 2.24) is 4.90 Å². The fourth-order valence-corrected chi connectivity index (χ4v) is 4.54. The van der Waals surface area contributed by atoms with Crippen molar-refractivity contribution in [1.29, 1.82) is 0 Å². The Balaban J connectivity index is 1.43. The average Bonchev–Trinajstić information content (AvgIpc) is 3.02. The van der Waals surface area contributed by atoms with Crippen molar-refractivity contribution in [2.45, 2.75) is 31.7 Å². The molecule has 1 aliphatic heterocycles. The zero-order chi connectivity index (χ0) is 21.8. The van der Waals surface area contributed by atoms with Gasteiger partial charge in [0.2, 0.25) is 5.91 Å². The number of halogens is 1. The van der Waals surface area contributed by atoms with Gasteiger partial charge in [-0.15, -0.1) is 0 Å². The van der Waals surface area contributed by atoms with Gasteiger partial charge in [-0.25, -0.2) is 4.39 Å². The van der Waals surface area contributed by atoms with Gasteiger partial charge in [0, 0.05) is 0 Å². The van der Waals surface area contributed by atoms with Crippen molar-refractivity contribution < 1.29 is 18.7 Å². The minimum Gasteiger partial charge on any atom is -0.489 e. The maximum Gasteiger partial charge on any atom is 0.289 e. The second-order valence-electron chi connectivity index (χ2n) is 7.51. The molecule has 1 saturated heterocycles. The summed E-state index contributed by atoms with van der Waals surface area (Å²) in [5.74, 6) is 0.131. The van der Waals surface area contributed by atoms with Crippen LogP contribution >= 0.6 is 11.8 Å². The number of imide groups is 1. The summed E-state index contributed by atoms with van der Waals surface area (Å²) < 4.78 is 19.2. The first kappa shape index (κ1) is 21.1. The highest BCUT2D eigenvalue weighted by atomic mass is 32.2. The topological polar surface area (TPSA) is 46.6 Å². The van der Waals surface area contributed by atoms with Crippen molar-refractivity contribution in [3.8, 4) is 5.75 Å². The molecule has 0 unspecified atom stereocenters. The Labute approximate surface area is 185 Å². The van der Waals surface area contributed by atoms with Crippen LogP contribution in [0.15, 0.2) is 72.8 Å². The molecule has 0 radical (unpaired) electrons. The predicted molar refractivity (Wildman–Crippen MR) is 119 cm³/mol. The van der Waals surface area contributed by atoms with Crippen LogP contribution in [0.4, 0.5) is 9.18 Å². The molecular weight excluding hydrogens is 413 g/mol. The van der Waals surface area contributed by atoms with E-state index in [-0.39, 0.29) is 23.5 Å². The van der Waals surface area contributed by atoms with Gasteiger partial charge in [-0.05, 0) is 48.2 Å². The maximum absolute atomic E-state index is 13.1. The van der Waals surface area contributed by atoms with E-state index in [9.17, 15) is 14.0 Å². The maximum atomic E-state index is 13.1. The zero-order valence-electron chi connectivity index (χ0n) is 17.1. The van der Waals surface area contributed by atoms with Gasteiger partial charge in [0.05, 0.1) is 11.8 Å². The summed E-state index contributed by atoms with van der Waals surface area (Å²) >= 11 is 1.03. The van der Waals surface area contributed by atoms with Crippen LogP contribution in [0.5, 0.6) is 5.75 Å².